The number of rotatable bonds is 4. The molecular formula is C33H49N5O5. The Labute approximate surface area is 256 Å². The normalized spacial score (nSPS) is 27.3. The van der Waals surface area contributed by atoms with Crippen LogP contribution in [-0.4, -0.2) is 70.7 Å². The Balaban J connectivity index is 1.69. The average molecular weight is 596 g/mol. The van der Waals surface area contributed by atoms with Gasteiger partial charge in [-0.05, 0) is 62.0 Å². The van der Waals surface area contributed by atoms with Gasteiger partial charge in [-0.3, -0.25) is 15.2 Å². The van der Waals surface area contributed by atoms with Gasteiger partial charge in [0.05, 0.1) is 25.0 Å². The molecule has 4 rings (SSSR count). The standard InChI is InChI=1S/C33H49N5O5/c1-8-21(9-2)16-25-20(3)35-24-15-13-11-10-12-14-22-17-27(22)43-32(40)37-28(33(4,5)6)31(39)38-19-23(42-30(24)36-25)18-26(38)29(34)41-7/h8,16,22-23,26-28,34H,1,9-15,17-19H2,2-7H3,(H,37,40). The van der Waals surface area contributed by atoms with Gasteiger partial charge in [-0.25, -0.2) is 9.78 Å². The Morgan fingerprint density at radius 2 is 1.91 bits per heavy atom. The van der Waals surface area contributed by atoms with E-state index in [-0.39, 0.29) is 24.5 Å². The van der Waals surface area contributed by atoms with Crippen molar-refractivity contribution in [2.75, 3.05) is 13.7 Å². The maximum absolute atomic E-state index is 14.1. The molecule has 1 saturated carbocycles. The van der Waals surface area contributed by atoms with Crippen LogP contribution in [0, 0.1) is 23.7 Å². The molecule has 2 fully saturated rings. The number of aryl methyl sites for hydroxylation is 2. The Kier molecular flexibility index (Phi) is 10.5. The second-order valence-electron chi connectivity index (χ2n) is 13.1. The molecule has 0 spiro atoms. The van der Waals surface area contributed by atoms with E-state index in [9.17, 15) is 9.59 Å². The Morgan fingerprint density at radius 3 is 2.58 bits per heavy atom. The van der Waals surface area contributed by atoms with Crippen LogP contribution < -0.4 is 10.1 Å². The second-order valence-corrected chi connectivity index (χ2v) is 13.1. The molecule has 43 heavy (non-hydrogen) atoms. The Bertz CT molecular complexity index is 1240. The number of hydrogen-bond acceptors (Lipinski definition) is 8. The molecule has 1 aromatic rings. The largest absolute Gasteiger partial charge is 0.483 e. The molecule has 10 nitrogen and oxygen atoms in total. The summed E-state index contributed by atoms with van der Waals surface area (Å²) in [6.45, 7) is 13.9. The quantitative estimate of drug-likeness (QED) is 0.257. The highest BCUT2D eigenvalue weighted by molar-refractivity contribution is 5.91. The molecule has 1 aromatic heterocycles. The summed E-state index contributed by atoms with van der Waals surface area (Å²) in [4.78, 5) is 38.5. The topological polar surface area (TPSA) is 127 Å². The lowest BCUT2D eigenvalue weighted by atomic mass is 9.85. The third kappa shape index (κ3) is 8.15. The zero-order valence-corrected chi connectivity index (χ0v) is 26.7. The van der Waals surface area contributed by atoms with E-state index in [2.05, 4.69) is 18.8 Å². The zero-order chi connectivity index (χ0) is 31.3. The summed E-state index contributed by atoms with van der Waals surface area (Å²) in [6.07, 6.45) is 10.7. The molecule has 1 saturated heterocycles. The number of carbonyl (C=O) groups is 2. The molecule has 236 valence electrons. The van der Waals surface area contributed by atoms with Gasteiger partial charge in [0.2, 0.25) is 17.7 Å². The van der Waals surface area contributed by atoms with E-state index >= 15 is 0 Å². The van der Waals surface area contributed by atoms with Crippen LogP contribution in [0.1, 0.15) is 96.1 Å². The minimum absolute atomic E-state index is 0.0324. The molecule has 0 radical (unpaired) electrons. The van der Waals surface area contributed by atoms with E-state index in [1.165, 1.54) is 7.11 Å². The molecule has 2 aliphatic heterocycles. The van der Waals surface area contributed by atoms with Crippen molar-refractivity contribution < 1.29 is 23.8 Å². The third-order valence-corrected chi connectivity index (χ3v) is 8.71. The number of fused-ring (bicyclic) bond motifs is 4. The van der Waals surface area contributed by atoms with Crippen molar-refractivity contribution >= 4 is 24.0 Å². The Hall–Kier alpha value is -3.43. The number of carbonyl (C=O) groups excluding carboxylic acids is 2. The second kappa shape index (κ2) is 13.9. The molecule has 5 unspecified atom stereocenters. The molecule has 2 bridgehead atoms. The van der Waals surface area contributed by atoms with E-state index in [0.717, 1.165) is 74.0 Å². The molecule has 3 aliphatic rings. The Morgan fingerprint density at radius 1 is 1.16 bits per heavy atom. The van der Waals surface area contributed by atoms with E-state index in [4.69, 9.17) is 29.6 Å². The van der Waals surface area contributed by atoms with Crippen molar-refractivity contribution in [1.82, 2.24) is 20.2 Å². The van der Waals surface area contributed by atoms with E-state index in [0.29, 0.717) is 18.2 Å². The first-order chi connectivity index (χ1) is 20.4. The van der Waals surface area contributed by atoms with Crippen molar-refractivity contribution in [3.63, 3.8) is 0 Å². The van der Waals surface area contributed by atoms with Gasteiger partial charge in [0.25, 0.3) is 0 Å². The van der Waals surface area contributed by atoms with Crippen LogP contribution in [0.2, 0.25) is 0 Å². The van der Waals surface area contributed by atoms with Gasteiger partial charge >= 0.3 is 6.09 Å². The van der Waals surface area contributed by atoms with Gasteiger partial charge in [-0.15, -0.1) is 0 Å². The lowest BCUT2D eigenvalue weighted by molar-refractivity contribution is -0.136. The van der Waals surface area contributed by atoms with E-state index in [1.807, 2.05) is 39.8 Å². The number of ether oxygens (including phenoxy) is 3. The summed E-state index contributed by atoms with van der Waals surface area (Å²) < 4.78 is 17.6. The van der Waals surface area contributed by atoms with Gasteiger partial charge < -0.3 is 24.4 Å². The number of hydrogen-bond donors (Lipinski definition) is 2. The molecule has 0 aromatic carbocycles. The minimum atomic E-state index is -0.858. The molecule has 1 aliphatic carbocycles. The maximum Gasteiger partial charge on any atom is 0.408 e. The van der Waals surface area contributed by atoms with Crippen LogP contribution in [0.3, 0.4) is 0 Å². The van der Waals surface area contributed by atoms with Crippen LogP contribution in [0.4, 0.5) is 4.79 Å². The van der Waals surface area contributed by atoms with Crippen LogP contribution in [0.15, 0.2) is 18.2 Å². The summed E-state index contributed by atoms with van der Waals surface area (Å²) in [7, 11) is 1.43. The SMILES string of the molecule is C=CC(=Cc1nc2c(nc1C)CCCCCCC1CC1OC(=O)NC(C(C)(C)C)C(=O)N1CC(CC1C(=N)OC)O2)CC. The van der Waals surface area contributed by atoms with Crippen molar-refractivity contribution in [1.29, 1.82) is 5.41 Å². The number of aromatic nitrogens is 2. The lowest BCUT2D eigenvalue weighted by Gasteiger charge is -2.35. The zero-order valence-electron chi connectivity index (χ0n) is 26.7. The van der Waals surface area contributed by atoms with Crippen LogP contribution in [0.5, 0.6) is 5.88 Å². The number of amides is 2. The molecule has 10 heteroatoms. The van der Waals surface area contributed by atoms with Crippen LogP contribution in [0.25, 0.3) is 6.08 Å². The minimum Gasteiger partial charge on any atom is -0.483 e. The van der Waals surface area contributed by atoms with E-state index in [1.54, 1.807) is 4.90 Å². The highest BCUT2D eigenvalue weighted by Gasteiger charge is 2.46. The first-order valence-corrected chi connectivity index (χ1v) is 15.7. The molecule has 3 heterocycles. The average Bonchev–Trinajstić information content (AvgIpc) is 3.55. The fourth-order valence-electron chi connectivity index (χ4n) is 5.93. The summed E-state index contributed by atoms with van der Waals surface area (Å²) in [5.74, 6) is 0.506. The summed E-state index contributed by atoms with van der Waals surface area (Å²) in [5.41, 5.74) is 2.82. The van der Waals surface area contributed by atoms with Crippen molar-refractivity contribution in [3.8, 4) is 5.88 Å². The summed E-state index contributed by atoms with van der Waals surface area (Å²) in [6, 6.07) is -1.50. The predicted molar refractivity (Wildman–Crippen MR) is 166 cm³/mol. The number of nitrogens with zero attached hydrogens (tertiary/aromatic N) is 3. The van der Waals surface area contributed by atoms with Gasteiger partial charge in [0, 0.05) is 6.42 Å². The molecule has 2 N–H and O–H groups in total. The van der Waals surface area contributed by atoms with Crippen molar-refractivity contribution in [2.24, 2.45) is 11.3 Å². The lowest BCUT2D eigenvalue weighted by Crippen LogP contribution is -2.57. The van der Waals surface area contributed by atoms with Crippen LogP contribution >= 0.6 is 0 Å². The first-order valence-electron chi connectivity index (χ1n) is 15.7. The molecule has 2 amide bonds. The summed E-state index contributed by atoms with van der Waals surface area (Å²) in [5, 5.41) is 11.4. The van der Waals surface area contributed by atoms with Gasteiger partial charge in [-0.2, -0.15) is 0 Å². The first kappa shape index (κ1) is 32.5. The van der Waals surface area contributed by atoms with Crippen LogP contribution in [-0.2, 0) is 20.7 Å². The van der Waals surface area contributed by atoms with E-state index < -0.39 is 29.7 Å². The molecular weight excluding hydrogens is 546 g/mol. The molecule has 5 atom stereocenters. The van der Waals surface area contributed by atoms with Gasteiger partial charge in [-0.1, -0.05) is 59.6 Å². The maximum atomic E-state index is 14.1. The summed E-state index contributed by atoms with van der Waals surface area (Å²) >= 11 is 0. The smallest absolute Gasteiger partial charge is 0.408 e. The fraction of sp³-hybridized carbons (Fsp3) is 0.667. The number of allylic oxidation sites excluding steroid dienone is 2. The number of alkyl carbamates (subject to hydrolysis) is 1. The predicted octanol–water partition coefficient (Wildman–Crippen LogP) is 5.77. The van der Waals surface area contributed by atoms with Crippen molar-refractivity contribution in [3.05, 3.63) is 35.3 Å². The van der Waals surface area contributed by atoms with Gasteiger partial charge in [0.15, 0.2) is 0 Å². The van der Waals surface area contributed by atoms with Crippen molar-refractivity contribution in [2.45, 2.75) is 117 Å². The number of methoxy groups -OCH3 is 1. The monoisotopic (exact) mass is 595 g/mol. The highest BCUT2D eigenvalue weighted by Crippen LogP contribution is 2.39. The van der Waals surface area contributed by atoms with Gasteiger partial charge in [0.1, 0.15) is 30.0 Å². The fourth-order valence-corrected chi connectivity index (χ4v) is 5.93. The number of nitrogens with one attached hydrogen (secondary N) is 2. The third-order valence-electron chi connectivity index (χ3n) is 8.71. The highest BCUT2D eigenvalue weighted by atomic mass is 16.6.